The summed E-state index contributed by atoms with van der Waals surface area (Å²) in [5.74, 6) is 0.436. The summed E-state index contributed by atoms with van der Waals surface area (Å²) in [4.78, 5) is 12.1. The lowest BCUT2D eigenvalue weighted by Gasteiger charge is -2.14. The van der Waals surface area contributed by atoms with Gasteiger partial charge in [-0.2, -0.15) is 15.6 Å². The van der Waals surface area contributed by atoms with E-state index in [0.29, 0.717) is 35.8 Å². The summed E-state index contributed by atoms with van der Waals surface area (Å²) < 4.78 is 16.2. The third-order valence-corrected chi connectivity index (χ3v) is 3.40. The van der Waals surface area contributed by atoms with Crippen LogP contribution in [-0.4, -0.2) is 41.7 Å². The van der Waals surface area contributed by atoms with Gasteiger partial charge in [-0.1, -0.05) is 6.07 Å². The number of rotatable bonds is 9. The van der Waals surface area contributed by atoms with Crippen LogP contribution in [0.15, 0.2) is 18.2 Å². The van der Waals surface area contributed by atoms with Crippen LogP contribution in [0.5, 0.6) is 11.5 Å². The van der Waals surface area contributed by atoms with Gasteiger partial charge in [-0.25, -0.2) is 4.79 Å². The van der Waals surface area contributed by atoms with Crippen LogP contribution in [0.25, 0.3) is 11.3 Å². The van der Waals surface area contributed by atoms with Crippen LogP contribution in [-0.2, 0) is 4.74 Å². The Bertz CT molecular complexity index is 751. The molecule has 8 nitrogen and oxygen atoms in total. The van der Waals surface area contributed by atoms with Gasteiger partial charge < -0.3 is 14.2 Å². The van der Waals surface area contributed by atoms with Gasteiger partial charge >= 0.3 is 5.97 Å². The van der Waals surface area contributed by atoms with E-state index in [4.69, 9.17) is 19.5 Å². The van der Waals surface area contributed by atoms with Crippen molar-refractivity contribution in [1.82, 2.24) is 15.4 Å². The second-order valence-corrected chi connectivity index (χ2v) is 5.04. The molecule has 0 fully saturated rings. The number of methoxy groups -OCH3 is 1. The Labute approximate surface area is 145 Å². The molecule has 0 unspecified atom stereocenters. The maximum Gasteiger partial charge on any atom is 0.361 e. The molecule has 1 N–H and O–H groups in total. The predicted molar refractivity (Wildman–Crippen MR) is 89.3 cm³/mol. The van der Waals surface area contributed by atoms with E-state index in [9.17, 15) is 4.79 Å². The molecule has 1 aromatic heterocycles. The Morgan fingerprint density at radius 1 is 1.32 bits per heavy atom. The molecule has 1 heterocycles. The van der Waals surface area contributed by atoms with Crippen LogP contribution >= 0.6 is 0 Å². The minimum atomic E-state index is -0.561. The molecule has 0 saturated carbocycles. The molecular formula is C17H20N4O4. The number of esters is 1. The molecule has 132 valence electrons. The number of carbonyl (C=O) groups excluding carboxylic acids is 1. The number of unbranched alkanes of at least 4 members (excludes halogenated alkanes) is 2. The number of nitrogens with zero attached hydrogens (tertiary/aromatic N) is 3. The predicted octanol–water partition coefficient (Wildman–Crippen LogP) is 2.73. The van der Waals surface area contributed by atoms with Crippen LogP contribution in [0.3, 0.4) is 0 Å². The monoisotopic (exact) mass is 344 g/mol. The van der Waals surface area contributed by atoms with E-state index >= 15 is 0 Å². The molecule has 1 aromatic carbocycles. The Balaban J connectivity index is 2.30. The number of aromatic amines is 1. The topological polar surface area (TPSA) is 110 Å². The molecule has 0 saturated heterocycles. The molecule has 25 heavy (non-hydrogen) atoms. The molecule has 2 rings (SSSR count). The second kappa shape index (κ2) is 9.27. The third kappa shape index (κ3) is 4.47. The van der Waals surface area contributed by atoms with Crippen molar-refractivity contribution in [2.45, 2.75) is 26.2 Å². The zero-order chi connectivity index (χ0) is 18.1. The maximum absolute atomic E-state index is 12.1. The highest BCUT2D eigenvalue weighted by Crippen LogP contribution is 2.38. The molecule has 0 radical (unpaired) electrons. The summed E-state index contributed by atoms with van der Waals surface area (Å²) in [5.41, 5.74) is 1.00. The van der Waals surface area contributed by atoms with E-state index in [-0.39, 0.29) is 12.3 Å². The van der Waals surface area contributed by atoms with Crippen LogP contribution in [0.2, 0.25) is 0 Å². The van der Waals surface area contributed by atoms with Crippen LogP contribution < -0.4 is 9.47 Å². The van der Waals surface area contributed by atoms with Crippen molar-refractivity contribution in [2.24, 2.45) is 0 Å². The lowest BCUT2D eigenvalue weighted by molar-refractivity contribution is 0.0520. The summed E-state index contributed by atoms with van der Waals surface area (Å²) in [6, 6.07) is 7.41. The summed E-state index contributed by atoms with van der Waals surface area (Å²) in [7, 11) is 1.54. The molecule has 0 amide bonds. The largest absolute Gasteiger partial charge is 0.493 e. The fraction of sp³-hybridized carbons (Fsp3) is 0.412. The Kier molecular flexibility index (Phi) is 6.77. The molecule has 8 heteroatoms. The van der Waals surface area contributed by atoms with Gasteiger partial charge in [-0.3, -0.25) is 0 Å². The number of carbonyl (C=O) groups is 1. The molecule has 0 aliphatic rings. The van der Waals surface area contributed by atoms with Crippen molar-refractivity contribution >= 4 is 5.97 Å². The zero-order valence-electron chi connectivity index (χ0n) is 14.2. The number of aromatic nitrogens is 3. The highest BCUT2D eigenvalue weighted by atomic mass is 16.5. The Morgan fingerprint density at radius 2 is 2.16 bits per heavy atom. The molecule has 0 bridgehead atoms. The normalized spacial score (nSPS) is 10.1. The first-order valence-corrected chi connectivity index (χ1v) is 7.97. The minimum absolute atomic E-state index is 0.0874. The number of ether oxygens (including phenoxy) is 3. The van der Waals surface area contributed by atoms with Crippen molar-refractivity contribution < 1.29 is 19.0 Å². The van der Waals surface area contributed by atoms with Crippen molar-refractivity contribution in [3.05, 3.63) is 23.9 Å². The standard InChI is InChI=1S/C17H20N4O4/c1-3-24-17(22)15-14(19-21-20-15)12-8-7-9-13(23-2)16(12)25-11-6-4-5-10-18/h7-9H,3-6,11H2,1-2H3,(H,19,20,21). The first-order valence-electron chi connectivity index (χ1n) is 7.97. The van der Waals surface area contributed by atoms with E-state index in [1.807, 2.05) is 0 Å². The zero-order valence-corrected chi connectivity index (χ0v) is 14.2. The Morgan fingerprint density at radius 3 is 2.88 bits per heavy atom. The highest BCUT2D eigenvalue weighted by Gasteiger charge is 2.23. The van der Waals surface area contributed by atoms with Crippen molar-refractivity contribution in [2.75, 3.05) is 20.3 Å². The molecule has 0 aliphatic heterocycles. The lowest BCUT2D eigenvalue weighted by Crippen LogP contribution is -2.08. The van der Waals surface area contributed by atoms with Gasteiger partial charge in [-0.15, -0.1) is 5.10 Å². The summed E-state index contributed by atoms with van der Waals surface area (Å²) in [5, 5.41) is 19.0. The van der Waals surface area contributed by atoms with Crippen LogP contribution in [0.1, 0.15) is 36.7 Å². The maximum atomic E-state index is 12.1. The number of hydrogen-bond acceptors (Lipinski definition) is 7. The van der Waals surface area contributed by atoms with E-state index in [1.54, 1.807) is 25.1 Å². The van der Waals surface area contributed by atoms with Gasteiger partial charge in [0.05, 0.1) is 32.0 Å². The summed E-state index contributed by atoms with van der Waals surface area (Å²) in [6.45, 7) is 2.38. The average molecular weight is 344 g/mol. The van der Waals surface area contributed by atoms with Gasteiger partial charge in [0.15, 0.2) is 17.2 Å². The fourth-order valence-corrected chi connectivity index (χ4v) is 2.25. The first kappa shape index (κ1) is 18.3. The SMILES string of the molecule is CCOC(=O)c1n[nH]nc1-c1cccc(OC)c1OCCCCC#N. The lowest BCUT2D eigenvalue weighted by atomic mass is 10.1. The van der Waals surface area contributed by atoms with E-state index in [1.165, 1.54) is 7.11 Å². The highest BCUT2D eigenvalue weighted by molar-refractivity contribution is 5.95. The van der Waals surface area contributed by atoms with Crippen molar-refractivity contribution in [1.29, 1.82) is 5.26 Å². The van der Waals surface area contributed by atoms with Crippen molar-refractivity contribution in [3.63, 3.8) is 0 Å². The van der Waals surface area contributed by atoms with Gasteiger partial charge in [0.25, 0.3) is 0 Å². The number of benzene rings is 1. The number of nitriles is 1. The fourth-order valence-electron chi connectivity index (χ4n) is 2.25. The quantitative estimate of drug-likeness (QED) is 0.550. The van der Waals surface area contributed by atoms with Gasteiger partial charge in [-0.05, 0) is 31.9 Å². The second-order valence-electron chi connectivity index (χ2n) is 5.04. The van der Waals surface area contributed by atoms with E-state index in [0.717, 1.165) is 12.8 Å². The molecule has 0 aliphatic carbocycles. The number of hydrogen-bond donors (Lipinski definition) is 1. The Hall–Kier alpha value is -3.08. The summed E-state index contributed by atoms with van der Waals surface area (Å²) in [6.07, 6.45) is 1.96. The van der Waals surface area contributed by atoms with Crippen LogP contribution in [0.4, 0.5) is 0 Å². The molecular weight excluding hydrogens is 324 g/mol. The first-order chi connectivity index (χ1) is 12.2. The van der Waals surface area contributed by atoms with E-state index < -0.39 is 5.97 Å². The smallest absolute Gasteiger partial charge is 0.361 e. The van der Waals surface area contributed by atoms with E-state index in [2.05, 4.69) is 21.5 Å². The summed E-state index contributed by atoms with van der Waals surface area (Å²) >= 11 is 0. The van der Waals surface area contributed by atoms with Gasteiger partial charge in [0, 0.05) is 6.42 Å². The molecule has 0 atom stereocenters. The number of H-pyrrole nitrogens is 1. The number of nitrogens with one attached hydrogen (secondary N) is 1. The third-order valence-electron chi connectivity index (χ3n) is 3.40. The molecule has 0 spiro atoms. The van der Waals surface area contributed by atoms with Gasteiger partial charge in [0.1, 0.15) is 5.69 Å². The number of para-hydroxylation sites is 1. The minimum Gasteiger partial charge on any atom is -0.493 e. The van der Waals surface area contributed by atoms with Crippen LogP contribution in [0, 0.1) is 11.3 Å². The average Bonchev–Trinajstić information content (AvgIpc) is 3.11. The van der Waals surface area contributed by atoms with Crippen molar-refractivity contribution in [3.8, 4) is 28.8 Å². The molecule has 2 aromatic rings. The van der Waals surface area contributed by atoms with Gasteiger partial charge in [0.2, 0.25) is 0 Å².